The molecule has 15 nitrogen and oxygen atoms in total. The number of carboxylic acid groups (broad SMARTS) is 3. The zero-order chi connectivity index (χ0) is 37.6. The van der Waals surface area contributed by atoms with Crippen molar-refractivity contribution in [3.63, 3.8) is 0 Å². The Morgan fingerprint density at radius 2 is 1.04 bits per heavy atom. The van der Waals surface area contributed by atoms with E-state index in [2.05, 4.69) is 0 Å². The van der Waals surface area contributed by atoms with Gasteiger partial charge in [-0.25, -0.2) is 14.5 Å². The van der Waals surface area contributed by atoms with Gasteiger partial charge in [0.25, 0.3) is 35.4 Å². The molecule has 2 aromatic carbocycles. The molecule has 3 aliphatic heterocycles. The average Bonchev–Trinajstić information content (AvgIpc) is 3.64. The van der Waals surface area contributed by atoms with Crippen LogP contribution in [-0.4, -0.2) is 85.0 Å². The molecule has 0 atom stereocenters. The number of carboxylic acids is 3. The van der Waals surface area contributed by atoms with E-state index in [4.69, 9.17) is 15.3 Å². The van der Waals surface area contributed by atoms with E-state index in [1.165, 1.54) is 53.5 Å². The molecular weight excluding hydrogens is 666 g/mol. The van der Waals surface area contributed by atoms with Gasteiger partial charge in [0.1, 0.15) is 0 Å². The van der Waals surface area contributed by atoms with E-state index in [9.17, 15) is 43.2 Å². The standard InChI is InChI=1S/C14H13NO4.C11H7NO4.C11H13NO4/c1-8-9(2)13(17)15(12(8)16)7-10-3-5-11(6-4-10)14(18)19;13-9-5-6-10(14)12(9)8-3-1-7(2-4-8)11(15)16;13-9(14)5-6-12-10(15)7-3-1-2-4-8(7)11(12)16/h3-6H,7H2,1-2H3,(H,18,19);1-6H,(H,15,16);1-6H2,(H,13,14). The summed E-state index contributed by atoms with van der Waals surface area (Å²) < 4.78 is 0. The Bertz CT molecular complexity index is 1870. The molecule has 4 aliphatic rings. The minimum Gasteiger partial charge on any atom is -0.481 e. The Morgan fingerprint density at radius 3 is 1.45 bits per heavy atom. The number of hydrogen-bond donors (Lipinski definition) is 3. The Labute approximate surface area is 290 Å². The van der Waals surface area contributed by atoms with E-state index in [1.54, 1.807) is 26.0 Å². The zero-order valence-corrected chi connectivity index (χ0v) is 27.6. The van der Waals surface area contributed by atoms with Crippen LogP contribution in [0.25, 0.3) is 0 Å². The highest BCUT2D eigenvalue weighted by Gasteiger charge is 2.38. The lowest BCUT2D eigenvalue weighted by Gasteiger charge is -2.14. The quantitative estimate of drug-likeness (QED) is 0.338. The Morgan fingerprint density at radius 1 is 0.608 bits per heavy atom. The van der Waals surface area contributed by atoms with Gasteiger partial charge in [0.2, 0.25) is 0 Å². The van der Waals surface area contributed by atoms with Crippen LogP contribution in [-0.2, 0) is 40.1 Å². The number of nitrogens with zero attached hydrogens (tertiary/aromatic N) is 3. The van der Waals surface area contributed by atoms with E-state index in [1.807, 2.05) is 0 Å². The third-order valence-electron chi connectivity index (χ3n) is 8.44. The molecule has 0 saturated carbocycles. The molecule has 0 radical (unpaired) electrons. The summed E-state index contributed by atoms with van der Waals surface area (Å²) in [5, 5.41) is 26.0. The monoisotopic (exact) mass is 699 g/mol. The van der Waals surface area contributed by atoms with Crippen molar-refractivity contribution < 1.29 is 58.5 Å². The van der Waals surface area contributed by atoms with Crippen LogP contribution in [0.5, 0.6) is 0 Å². The van der Waals surface area contributed by atoms with Crippen LogP contribution in [0.2, 0.25) is 0 Å². The first-order valence-electron chi connectivity index (χ1n) is 15.7. The summed E-state index contributed by atoms with van der Waals surface area (Å²) >= 11 is 0. The third kappa shape index (κ3) is 8.39. The number of imide groups is 3. The fraction of sp³-hybridized carbons (Fsp3) is 0.250. The zero-order valence-electron chi connectivity index (χ0n) is 27.6. The second kappa shape index (κ2) is 15.8. The molecule has 0 fully saturated rings. The maximum atomic E-state index is 11.9. The molecule has 51 heavy (non-hydrogen) atoms. The molecule has 1 aliphatic carbocycles. The molecule has 3 heterocycles. The van der Waals surface area contributed by atoms with Gasteiger partial charge < -0.3 is 15.3 Å². The van der Waals surface area contributed by atoms with Gasteiger partial charge in [0.05, 0.1) is 29.8 Å². The lowest BCUT2D eigenvalue weighted by molar-refractivity contribution is -0.141. The first-order valence-corrected chi connectivity index (χ1v) is 15.7. The van der Waals surface area contributed by atoms with Crippen LogP contribution in [0.4, 0.5) is 5.69 Å². The summed E-state index contributed by atoms with van der Waals surface area (Å²) in [6, 6.07) is 11.7. The Hall–Kier alpha value is -6.51. The van der Waals surface area contributed by atoms with Crippen molar-refractivity contribution in [1.29, 1.82) is 0 Å². The number of carbonyl (C=O) groups excluding carboxylic acids is 6. The SMILES string of the molecule is CC1=C(C)C(=O)N(Cc2ccc(C(=O)O)cc2)C1=O.O=C(O)CCN1C(=O)C2=C(CCCC2)C1=O.O=C(O)c1ccc(N2C(=O)C=CC2=O)cc1. The normalized spacial score (nSPS) is 16.7. The number of benzene rings is 2. The molecule has 0 saturated heterocycles. The van der Waals surface area contributed by atoms with Crippen molar-refractivity contribution in [3.8, 4) is 0 Å². The minimum absolute atomic E-state index is 0.0139. The molecule has 6 rings (SSSR count). The van der Waals surface area contributed by atoms with Gasteiger partial charge in [-0.2, -0.15) is 0 Å². The van der Waals surface area contributed by atoms with Crippen LogP contribution in [0.1, 0.15) is 72.2 Å². The molecule has 6 amide bonds. The summed E-state index contributed by atoms with van der Waals surface area (Å²) in [5.74, 6) is -5.03. The molecule has 0 unspecified atom stereocenters. The van der Waals surface area contributed by atoms with Crippen molar-refractivity contribution in [1.82, 2.24) is 9.80 Å². The molecule has 2 aromatic rings. The molecule has 0 aromatic heterocycles. The van der Waals surface area contributed by atoms with Crippen molar-refractivity contribution in [2.24, 2.45) is 0 Å². The van der Waals surface area contributed by atoms with Crippen LogP contribution < -0.4 is 4.90 Å². The topological polar surface area (TPSA) is 224 Å². The smallest absolute Gasteiger partial charge is 0.335 e. The van der Waals surface area contributed by atoms with Crippen LogP contribution in [0.3, 0.4) is 0 Å². The van der Waals surface area contributed by atoms with Crippen LogP contribution in [0, 0.1) is 0 Å². The van der Waals surface area contributed by atoms with E-state index in [0.29, 0.717) is 46.4 Å². The number of hydrogen-bond acceptors (Lipinski definition) is 9. The largest absolute Gasteiger partial charge is 0.481 e. The highest BCUT2D eigenvalue weighted by atomic mass is 16.4. The summed E-state index contributed by atoms with van der Waals surface area (Å²) in [5.41, 5.74) is 3.52. The summed E-state index contributed by atoms with van der Waals surface area (Å²) in [4.78, 5) is 105. The molecule has 0 spiro atoms. The lowest BCUT2D eigenvalue weighted by Crippen LogP contribution is -2.33. The maximum Gasteiger partial charge on any atom is 0.335 e. The molecule has 264 valence electrons. The van der Waals surface area contributed by atoms with Crippen LogP contribution in [0.15, 0.2) is 83.0 Å². The predicted molar refractivity (Wildman–Crippen MR) is 177 cm³/mol. The molecule has 0 bridgehead atoms. The van der Waals surface area contributed by atoms with Crippen molar-refractivity contribution in [2.45, 2.75) is 52.5 Å². The second-order valence-corrected chi connectivity index (χ2v) is 11.7. The number of anilines is 1. The van der Waals surface area contributed by atoms with E-state index in [-0.39, 0.29) is 54.3 Å². The van der Waals surface area contributed by atoms with Gasteiger partial charge in [-0.15, -0.1) is 0 Å². The second-order valence-electron chi connectivity index (χ2n) is 11.7. The number of carbonyl (C=O) groups is 9. The van der Waals surface area contributed by atoms with Crippen molar-refractivity contribution in [2.75, 3.05) is 11.4 Å². The first-order chi connectivity index (χ1) is 24.1. The Kier molecular flexibility index (Phi) is 11.6. The highest BCUT2D eigenvalue weighted by molar-refractivity contribution is 6.28. The van der Waals surface area contributed by atoms with Gasteiger partial charge >= 0.3 is 17.9 Å². The first kappa shape index (κ1) is 37.3. The fourth-order valence-corrected chi connectivity index (χ4v) is 5.51. The lowest BCUT2D eigenvalue weighted by atomic mass is 9.93. The van der Waals surface area contributed by atoms with E-state index >= 15 is 0 Å². The number of rotatable bonds is 8. The Balaban J connectivity index is 0.000000172. The van der Waals surface area contributed by atoms with E-state index in [0.717, 1.165) is 22.6 Å². The van der Waals surface area contributed by atoms with Gasteiger partial charge in [0.15, 0.2) is 0 Å². The fourth-order valence-electron chi connectivity index (χ4n) is 5.51. The number of aliphatic carboxylic acids is 1. The summed E-state index contributed by atoms with van der Waals surface area (Å²) in [6.07, 6.45) is 5.35. The van der Waals surface area contributed by atoms with Gasteiger partial charge in [0, 0.05) is 41.0 Å². The van der Waals surface area contributed by atoms with Gasteiger partial charge in [-0.3, -0.25) is 43.4 Å². The number of aromatic carboxylic acids is 2. The molecule has 15 heteroatoms. The maximum absolute atomic E-state index is 11.9. The summed E-state index contributed by atoms with van der Waals surface area (Å²) in [6.45, 7) is 3.40. The van der Waals surface area contributed by atoms with Crippen molar-refractivity contribution in [3.05, 3.63) is 99.7 Å². The molecular formula is C36H33N3O12. The number of amides is 6. The minimum atomic E-state index is -1.05. The van der Waals surface area contributed by atoms with E-state index < -0.39 is 29.7 Å². The molecule has 3 N–H and O–H groups in total. The highest BCUT2D eigenvalue weighted by Crippen LogP contribution is 2.33. The predicted octanol–water partition coefficient (Wildman–Crippen LogP) is 3.10. The van der Waals surface area contributed by atoms with Gasteiger partial charge in [-0.1, -0.05) is 12.1 Å². The third-order valence-corrected chi connectivity index (χ3v) is 8.44. The summed E-state index contributed by atoms with van der Waals surface area (Å²) in [7, 11) is 0. The van der Waals surface area contributed by atoms with Crippen LogP contribution >= 0.6 is 0 Å². The van der Waals surface area contributed by atoms with Gasteiger partial charge in [-0.05, 0) is 81.5 Å². The van der Waals surface area contributed by atoms with Crippen molar-refractivity contribution >= 4 is 59.0 Å². The average molecular weight is 700 g/mol.